The molecule has 0 bridgehead atoms. The Morgan fingerprint density at radius 2 is 1.93 bits per heavy atom. The third-order valence-corrected chi connectivity index (χ3v) is 3.11. The molecular weight excluding hydrogens is 253 g/mol. The molecule has 78 valence electrons. The van der Waals surface area contributed by atoms with Gasteiger partial charge in [-0.15, -0.1) is 5.10 Å². The normalized spacial score (nSPS) is 10.6. The van der Waals surface area contributed by atoms with Gasteiger partial charge in [0.25, 0.3) is 0 Å². The second-order valence-electron chi connectivity index (χ2n) is 2.99. The fourth-order valence-corrected chi connectivity index (χ4v) is 1.63. The minimum Gasteiger partial charge on any atom is -0.740 e. The average Bonchev–Trinajstić information content (AvgIpc) is 2.53. The quantitative estimate of drug-likeness (QED) is 0.738. The maximum atomic E-state index is 5.91. The Morgan fingerprint density at radius 1 is 1.20 bits per heavy atom. The first-order valence-electron chi connectivity index (χ1n) is 4.11. The number of aromatic nitrogens is 3. The molecule has 15 heavy (non-hydrogen) atoms. The summed E-state index contributed by atoms with van der Waals surface area (Å²) in [5.74, 6) is 0.679. The Bertz CT molecular complexity index is 510. The summed E-state index contributed by atoms with van der Waals surface area (Å²) in [6.07, 6.45) is 0. The smallest absolute Gasteiger partial charge is 0.162 e. The standard InChI is InChI=1S/C9H7Cl2N3S/c1-14-8(12-13-9(14)15)5-2-3-6(10)7(11)4-5/h2-4H,1H3,(H,13,15)/p-1. The molecule has 1 aromatic heterocycles. The number of benzene rings is 1. The predicted octanol–water partition coefficient (Wildman–Crippen LogP) is 2.69. The van der Waals surface area contributed by atoms with E-state index in [1.807, 2.05) is 6.07 Å². The van der Waals surface area contributed by atoms with E-state index >= 15 is 0 Å². The van der Waals surface area contributed by atoms with Crippen LogP contribution in [0, 0.1) is 0 Å². The molecule has 3 nitrogen and oxygen atoms in total. The van der Waals surface area contributed by atoms with Crippen molar-refractivity contribution in [1.29, 1.82) is 0 Å². The van der Waals surface area contributed by atoms with Crippen LogP contribution in [0.3, 0.4) is 0 Å². The van der Waals surface area contributed by atoms with E-state index in [1.165, 1.54) is 0 Å². The fraction of sp³-hybridized carbons (Fsp3) is 0.111. The highest BCUT2D eigenvalue weighted by Crippen LogP contribution is 2.27. The third-order valence-electron chi connectivity index (χ3n) is 2.01. The van der Waals surface area contributed by atoms with Gasteiger partial charge in [-0.05, 0) is 18.2 Å². The lowest BCUT2D eigenvalue weighted by molar-refractivity contribution is 0.797. The highest BCUT2D eigenvalue weighted by atomic mass is 35.5. The molecule has 0 saturated heterocycles. The van der Waals surface area contributed by atoms with Gasteiger partial charge >= 0.3 is 0 Å². The van der Waals surface area contributed by atoms with Crippen molar-refractivity contribution in [2.75, 3.05) is 0 Å². The molecule has 0 spiro atoms. The van der Waals surface area contributed by atoms with Crippen LogP contribution >= 0.6 is 23.2 Å². The maximum absolute atomic E-state index is 5.91. The van der Waals surface area contributed by atoms with Crippen molar-refractivity contribution in [1.82, 2.24) is 14.8 Å². The van der Waals surface area contributed by atoms with Crippen LogP contribution in [0.25, 0.3) is 11.4 Å². The zero-order valence-electron chi connectivity index (χ0n) is 7.74. The summed E-state index contributed by atoms with van der Waals surface area (Å²) < 4.78 is 1.72. The molecule has 1 aromatic carbocycles. The van der Waals surface area contributed by atoms with E-state index in [-0.39, 0.29) is 0 Å². The van der Waals surface area contributed by atoms with Gasteiger partial charge in [0.05, 0.1) is 10.0 Å². The number of hydrogen-bond donors (Lipinski definition) is 0. The lowest BCUT2D eigenvalue weighted by atomic mass is 10.2. The summed E-state index contributed by atoms with van der Waals surface area (Å²) in [6.45, 7) is 0. The second kappa shape index (κ2) is 3.96. The van der Waals surface area contributed by atoms with Crippen LogP contribution in [-0.2, 0) is 19.7 Å². The lowest BCUT2D eigenvalue weighted by Gasteiger charge is -2.06. The van der Waals surface area contributed by atoms with Crippen LogP contribution in [0.1, 0.15) is 0 Å². The molecule has 0 aliphatic heterocycles. The van der Waals surface area contributed by atoms with Crippen LogP contribution in [0.2, 0.25) is 10.0 Å². The van der Waals surface area contributed by atoms with E-state index < -0.39 is 0 Å². The van der Waals surface area contributed by atoms with Crippen molar-refractivity contribution in [3.63, 3.8) is 0 Å². The van der Waals surface area contributed by atoms with Crippen LogP contribution in [0.15, 0.2) is 23.4 Å². The first-order chi connectivity index (χ1) is 7.09. The van der Waals surface area contributed by atoms with Gasteiger partial charge in [-0.2, -0.15) is 5.10 Å². The van der Waals surface area contributed by atoms with E-state index in [2.05, 4.69) is 10.2 Å². The minimum atomic E-state index is 0.441. The molecule has 0 fully saturated rings. The van der Waals surface area contributed by atoms with E-state index in [0.29, 0.717) is 21.0 Å². The Balaban J connectivity index is 2.55. The van der Waals surface area contributed by atoms with Gasteiger partial charge in [0.15, 0.2) is 5.82 Å². The summed E-state index contributed by atoms with van der Waals surface area (Å²) in [5.41, 5.74) is 0.843. The second-order valence-corrected chi connectivity index (χ2v) is 4.17. The summed E-state index contributed by atoms with van der Waals surface area (Å²) in [6, 6.07) is 5.28. The van der Waals surface area contributed by atoms with Crippen LogP contribution in [0.4, 0.5) is 0 Å². The van der Waals surface area contributed by atoms with Crippen LogP contribution in [-0.4, -0.2) is 14.8 Å². The Labute approximate surface area is 102 Å². The zero-order valence-corrected chi connectivity index (χ0v) is 10.1. The summed E-state index contributed by atoms with van der Waals surface area (Å²) in [7, 11) is 1.81. The molecule has 0 saturated carbocycles. The van der Waals surface area contributed by atoms with Crippen molar-refractivity contribution in [2.24, 2.45) is 7.05 Å². The first kappa shape index (κ1) is 10.7. The highest BCUT2D eigenvalue weighted by molar-refractivity contribution is 7.58. The van der Waals surface area contributed by atoms with Crippen molar-refractivity contribution in [3.05, 3.63) is 28.2 Å². The minimum absolute atomic E-state index is 0.441. The molecule has 2 rings (SSSR count). The number of halogens is 2. The van der Waals surface area contributed by atoms with E-state index in [9.17, 15) is 0 Å². The van der Waals surface area contributed by atoms with Crippen molar-refractivity contribution < 1.29 is 0 Å². The monoisotopic (exact) mass is 258 g/mol. The van der Waals surface area contributed by atoms with Gasteiger partial charge in [0, 0.05) is 17.8 Å². The number of hydrogen-bond acceptors (Lipinski definition) is 3. The Hall–Kier alpha value is -0.840. The van der Waals surface area contributed by atoms with E-state index in [0.717, 1.165) is 5.56 Å². The van der Waals surface area contributed by atoms with Crippen LogP contribution < -0.4 is 0 Å². The maximum Gasteiger partial charge on any atom is 0.162 e. The first-order valence-corrected chi connectivity index (χ1v) is 5.28. The summed E-state index contributed by atoms with van der Waals surface area (Å²) in [5, 5.41) is 9.20. The molecule has 0 aliphatic rings. The zero-order chi connectivity index (χ0) is 11.0. The third kappa shape index (κ3) is 1.93. The van der Waals surface area contributed by atoms with E-state index in [4.69, 9.17) is 35.8 Å². The van der Waals surface area contributed by atoms with Gasteiger partial charge in [0.2, 0.25) is 0 Å². The highest BCUT2D eigenvalue weighted by Gasteiger charge is 2.07. The van der Waals surface area contributed by atoms with E-state index in [1.54, 1.807) is 23.7 Å². The molecular formula is C9H6Cl2N3S-. The molecule has 0 aliphatic carbocycles. The Kier molecular flexibility index (Phi) is 2.82. The molecule has 0 atom stereocenters. The van der Waals surface area contributed by atoms with Crippen LogP contribution in [0.5, 0.6) is 0 Å². The predicted molar refractivity (Wildman–Crippen MR) is 62.1 cm³/mol. The van der Waals surface area contributed by atoms with Gasteiger partial charge in [0.1, 0.15) is 0 Å². The molecule has 0 radical (unpaired) electrons. The molecule has 6 heteroatoms. The number of nitrogens with zero attached hydrogens (tertiary/aromatic N) is 3. The van der Waals surface area contributed by atoms with Gasteiger partial charge in [-0.3, -0.25) is 0 Å². The fourth-order valence-electron chi connectivity index (χ4n) is 1.20. The lowest BCUT2D eigenvalue weighted by Crippen LogP contribution is -1.94. The summed E-state index contributed by atoms with van der Waals surface area (Å²) in [4.78, 5) is 0. The SMILES string of the molecule is Cn1c([S-])nnc1-c1ccc(Cl)c(Cl)c1. The van der Waals surface area contributed by atoms with Gasteiger partial charge in [-0.1, -0.05) is 23.2 Å². The molecule has 1 heterocycles. The van der Waals surface area contributed by atoms with Gasteiger partial charge < -0.3 is 17.2 Å². The largest absolute Gasteiger partial charge is 0.740 e. The van der Waals surface area contributed by atoms with Crippen molar-refractivity contribution >= 4 is 35.8 Å². The molecule has 0 N–H and O–H groups in total. The number of rotatable bonds is 1. The molecule has 2 aromatic rings. The molecule has 0 amide bonds. The van der Waals surface area contributed by atoms with Gasteiger partial charge in [-0.25, -0.2) is 0 Å². The average molecular weight is 259 g/mol. The summed E-state index contributed by atoms with van der Waals surface area (Å²) >= 11 is 16.7. The Morgan fingerprint density at radius 3 is 2.47 bits per heavy atom. The van der Waals surface area contributed by atoms with Crippen molar-refractivity contribution in [2.45, 2.75) is 5.16 Å². The molecule has 0 unspecified atom stereocenters. The topological polar surface area (TPSA) is 30.7 Å². The van der Waals surface area contributed by atoms with Crippen molar-refractivity contribution in [3.8, 4) is 11.4 Å².